The summed E-state index contributed by atoms with van der Waals surface area (Å²) >= 11 is 0. The van der Waals surface area contributed by atoms with Gasteiger partial charge in [-0.15, -0.1) is 0 Å². The molecule has 0 heterocycles. The van der Waals surface area contributed by atoms with Gasteiger partial charge < -0.3 is 14.8 Å². The zero-order chi connectivity index (χ0) is 18.1. The first-order valence-electron chi connectivity index (χ1n) is 7.98. The Bertz CT molecular complexity index is 686. The molecule has 2 rings (SSSR count). The molecule has 0 aromatic heterocycles. The molecule has 6 nitrogen and oxygen atoms in total. The summed E-state index contributed by atoms with van der Waals surface area (Å²) in [6.07, 6.45) is -0.745. The third-order valence-corrected chi connectivity index (χ3v) is 3.59. The second-order valence-corrected chi connectivity index (χ2v) is 5.56. The maximum atomic E-state index is 12.0. The van der Waals surface area contributed by atoms with Crippen LogP contribution in [0.4, 0.5) is 10.5 Å². The number of ether oxygens (including phenoxy) is 2. The largest absolute Gasteiger partial charge is 0.497 e. The minimum atomic E-state index is -0.745. The number of methoxy groups -OCH3 is 1. The number of carbonyl (C=O) groups is 2. The molecular formula is C19H22N2O4. The SMILES string of the molecule is COc1ccc(NC[C@@H](C)C(=O)NC(=O)OCc2ccccc2)cc1. The molecular weight excluding hydrogens is 320 g/mol. The fraction of sp³-hybridized carbons (Fsp3) is 0.263. The number of rotatable bonds is 7. The van der Waals surface area contributed by atoms with Gasteiger partial charge in [-0.25, -0.2) is 4.79 Å². The Morgan fingerprint density at radius 2 is 1.72 bits per heavy atom. The molecule has 0 aliphatic heterocycles. The van der Waals surface area contributed by atoms with Gasteiger partial charge in [0.15, 0.2) is 0 Å². The third-order valence-electron chi connectivity index (χ3n) is 3.59. The zero-order valence-corrected chi connectivity index (χ0v) is 14.3. The summed E-state index contributed by atoms with van der Waals surface area (Å²) in [7, 11) is 1.60. The highest BCUT2D eigenvalue weighted by Gasteiger charge is 2.16. The van der Waals surface area contributed by atoms with Gasteiger partial charge in [-0.05, 0) is 29.8 Å². The molecule has 2 aromatic rings. The van der Waals surface area contributed by atoms with Gasteiger partial charge in [0.1, 0.15) is 12.4 Å². The fourth-order valence-corrected chi connectivity index (χ4v) is 2.06. The van der Waals surface area contributed by atoms with Crippen molar-refractivity contribution < 1.29 is 19.1 Å². The van der Waals surface area contributed by atoms with E-state index in [1.807, 2.05) is 54.6 Å². The highest BCUT2D eigenvalue weighted by atomic mass is 16.5. The predicted molar refractivity (Wildman–Crippen MR) is 95.4 cm³/mol. The van der Waals surface area contributed by atoms with Crippen LogP contribution in [-0.4, -0.2) is 25.7 Å². The number of hydrogen-bond acceptors (Lipinski definition) is 5. The van der Waals surface area contributed by atoms with Crippen LogP contribution in [0.2, 0.25) is 0 Å². The van der Waals surface area contributed by atoms with E-state index in [-0.39, 0.29) is 12.5 Å². The second-order valence-electron chi connectivity index (χ2n) is 5.56. The zero-order valence-electron chi connectivity index (χ0n) is 14.3. The van der Waals surface area contributed by atoms with Crippen molar-refractivity contribution in [1.29, 1.82) is 0 Å². The van der Waals surface area contributed by atoms with Gasteiger partial charge in [0.05, 0.1) is 13.0 Å². The summed E-state index contributed by atoms with van der Waals surface area (Å²) in [5, 5.41) is 5.38. The lowest BCUT2D eigenvalue weighted by Gasteiger charge is -2.13. The molecule has 0 spiro atoms. The normalized spacial score (nSPS) is 11.3. The van der Waals surface area contributed by atoms with Crippen molar-refractivity contribution in [1.82, 2.24) is 5.32 Å². The topological polar surface area (TPSA) is 76.7 Å². The van der Waals surface area contributed by atoms with Gasteiger partial charge in [0.2, 0.25) is 5.91 Å². The predicted octanol–water partition coefficient (Wildman–Crippen LogP) is 3.20. The van der Waals surface area contributed by atoms with Crippen LogP contribution < -0.4 is 15.4 Å². The van der Waals surface area contributed by atoms with E-state index >= 15 is 0 Å². The maximum absolute atomic E-state index is 12.0. The van der Waals surface area contributed by atoms with E-state index in [0.717, 1.165) is 17.0 Å². The van der Waals surface area contributed by atoms with Crippen molar-refractivity contribution >= 4 is 17.7 Å². The van der Waals surface area contributed by atoms with Crippen molar-refractivity contribution in [3.8, 4) is 5.75 Å². The molecule has 0 unspecified atom stereocenters. The lowest BCUT2D eigenvalue weighted by molar-refractivity contribution is -0.123. The minimum absolute atomic E-state index is 0.123. The van der Waals surface area contributed by atoms with E-state index < -0.39 is 12.0 Å². The molecule has 2 amide bonds. The van der Waals surface area contributed by atoms with Gasteiger partial charge in [-0.1, -0.05) is 37.3 Å². The van der Waals surface area contributed by atoms with Crippen LogP contribution in [0.25, 0.3) is 0 Å². The van der Waals surface area contributed by atoms with Crippen LogP contribution in [-0.2, 0) is 16.1 Å². The molecule has 0 aliphatic rings. The average Bonchev–Trinajstić information content (AvgIpc) is 2.65. The second kappa shape index (κ2) is 9.32. The molecule has 2 N–H and O–H groups in total. The molecule has 2 aromatic carbocycles. The number of alkyl carbamates (subject to hydrolysis) is 1. The Morgan fingerprint density at radius 1 is 1.04 bits per heavy atom. The third kappa shape index (κ3) is 6.18. The van der Waals surface area contributed by atoms with Gasteiger partial charge >= 0.3 is 6.09 Å². The summed E-state index contributed by atoms with van der Waals surface area (Å²) in [6.45, 7) is 2.25. The minimum Gasteiger partial charge on any atom is -0.497 e. The molecule has 25 heavy (non-hydrogen) atoms. The fourth-order valence-electron chi connectivity index (χ4n) is 2.06. The highest BCUT2D eigenvalue weighted by molar-refractivity contribution is 5.93. The van der Waals surface area contributed by atoms with Crippen molar-refractivity contribution in [3.05, 3.63) is 60.2 Å². The first-order valence-corrected chi connectivity index (χ1v) is 7.98. The molecule has 0 fully saturated rings. The van der Waals surface area contributed by atoms with Crippen molar-refractivity contribution in [2.75, 3.05) is 19.0 Å². The molecule has 6 heteroatoms. The smallest absolute Gasteiger partial charge is 0.414 e. The number of imide groups is 1. The molecule has 1 atom stereocenters. The van der Waals surface area contributed by atoms with Crippen LogP contribution >= 0.6 is 0 Å². The van der Waals surface area contributed by atoms with Crippen LogP contribution in [0.5, 0.6) is 5.75 Å². The Balaban J connectivity index is 1.72. The first kappa shape index (κ1) is 18.3. The van der Waals surface area contributed by atoms with Crippen molar-refractivity contribution in [2.45, 2.75) is 13.5 Å². The van der Waals surface area contributed by atoms with Crippen LogP contribution in [0, 0.1) is 5.92 Å². The Kier molecular flexibility index (Phi) is 6.83. The number of amides is 2. The van der Waals surface area contributed by atoms with Crippen molar-refractivity contribution in [2.24, 2.45) is 5.92 Å². The van der Waals surface area contributed by atoms with E-state index in [4.69, 9.17) is 9.47 Å². The van der Waals surface area contributed by atoms with Crippen LogP contribution in [0.15, 0.2) is 54.6 Å². The standard InChI is InChI=1S/C19H22N2O4/c1-14(12-20-16-8-10-17(24-2)11-9-16)18(22)21-19(23)25-13-15-6-4-3-5-7-15/h3-11,14,20H,12-13H2,1-2H3,(H,21,22,23)/t14-/m1/s1. The molecule has 0 saturated carbocycles. The summed E-state index contributed by atoms with van der Waals surface area (Å²) < 4.78 is 10.1. The molecule has 132 valence electrons. The quantitative estimate of drug-likeness (QED) is 0.808. The molecule has 0 saturated heterocycles. The number of anilines is 1. The van der Waals surface area contributed by atoms with E-state index in [1.165, 1.54) is 0 Å². The molecule has 0 bridgehead atoms. The van der Waals surface area contributed by atoms with Gasteiger partial charge in [-0.2, -0.15) is 0 Å². The number of nitrogens with one attached hydrogen (secondary N) is 2. The van der Waals surface area contributed by atoms with Gasteiger partial charge in [-0.3, -0.25) is 10.1 Å². The lowest BCUT2D eigenvalue weighted by Crippen LogP contribution is -2.37. The Morgan fingerprint density at radius 3 is 2.36 bits per heavy atom. The Hall–Kier alpha value is -3.02. The lowest BCUT2D eigenvalue weighted by atomic mass is 10.1. The maximum Gasteiger partial charge on any atom is 0.414 e. The number of carbonyl (C=O) groups excluding carboxylic acids is 2. The monoisotopic (exact) mass is 342 g/mol. The first-order chi connectivity index (χ1) is 12.1. The summed E-state index contributed by atoms with van der Waals surface area (Å²) in [5.74, 6) is -0.0250. The van der Waals surface area contributed by atoms with E-state index in [9.17, 15) is 9.59 Å². The molecule has 0 aliphatic carbocycles. The highest BCUT2D eigenvalue weighted by Crippen LogP contribution is 2.15. The van der Waals surface area contributed by atoms with Crippen LogP contribution in [0.1, 0.15) is 12.5 Å². The summed E-state index contributed by atoms with van der Waals surface area (Å²) in [6, 6.07) is 16.7. The summed E-state index contributed by atoms with van der Waals surface area (Å²) in [5.41, 5.74) is 1.73. The number of benzene rings is 2. The van der Waals surface area contributed by atoms with Gasteiger partial charge in [0, 0.05) is 12.2 Å². The summed E-state index contributed by atoms with van der Waals surface area (Å²) in [4.78, 5) is 23.7. The van der Waals surface area contributed by atoms with E-state index in [1.54, 1.807) is 14.0 Å². The Labute approximate surface area is 147 Å². The number of hydrogen-bond donors (Lipinski definition) is 2. The average molecular weight is 342 g/mol. The molecule has 0 radical (unpaired) electrons. The van der Waals surface area contributed by atoms with Crippen LogP contribution in [0.3, 0.4) is 0 Å². The van der Waals surface area contributed by atoms with Gasteiger partial charge in [0.25, 0.3) is 0 Å². The van der Waals surface area contributed by atoms with Crippen molar-refractivity contribution in [3.63, 3.8) is 0 Å². The van der Waals surface area contributed by atoms with E-state index in [2.05, 4.69) is 10.6 Å². The van der Waals surface area contributed by atoms with E-state index in [0.29, 0.717) is 6.54 Å².